The fourth-order valence-corrected chi connectivity index (χ4v) is 4.80. The van der Waals surface area contributed by atoms with Gasteiger partial charge in [-0.25, -0.2) is 15.0 Å². The minimum Gasteiger partial charge on any atom is -0.395 e. The maximum atomic E-state index is 9.17. The molecule has 2 fully saturated rings. The van der Waals surface area contributed by atoms with Gasteiger partial charge in [0.2, 0.25) is 5.95 Å². The zero-order chi connectivity index (χ0) is 22.1. The van der Waals surface area contributed by atoms with E-state index in [9.17, 15) is 5.11 Å². The third-order valence-corrected chi connectivity index (χ3v) is 7.06. The van der Waals surface area contributed by atoms with Crippen LogP contribution in [-0.4, -0.2) is 68.9 Å². The number of hydrogen-bond acceptors (Lipinski definition) is 7. The van der Waals surface area contributed by atoms with E-state index in [2.05, 4.69) is 61.7 Å². The largest absolute Gasteiger partial charge is 0.395 e. The number of nitrogens with zero attached hydrogens (tertiary/aromatic N) is 6. The summed E-state index contributed by atoms with van der Waals surface area (Å²) in [4.78, 5) is 17.6. The summed E-state index contributed by atoms with van der Waals surface area (Å²) in [5.74, 6) is 1.94. The summed E-state index contributed by atoms with van der Waals surface area (Å²) < 4.78 is 2.31. The van der Waals surface area contributed by atoms with Crippen LogP contribution in [0, 0.1) is 5.92 Å². The third-order valence-electron chi connectivity index (χ3n) is 7.06. The molecule has 32 heavy (non-hydrogen) atoms. The van der Waals surface area contributed by atoms with Crippen LogP contribution in [0.15, 0.2) is 49.2 Å². The summed E-state index contributed by atoms with van der Waals surface area (Å²) in [6.45, 7) is 7.11. The lowest BCUT2D eigenvalue weighted by atomic mass is 9.86. The number of anilines is 2. The van der Waals surface area contributed by atoms with E-state index in [1.165, 1.54) is 18.4 Å². The van der Waals surface area contributed by atoms with Gasteiger partial charge in [-0.3, -0.25) is 4.90 Å². The third kappa shape index (κ3) is 3.96. The Bertz CT molecular complexity index is 1040. The second-order valence-corrected chi connectivity index (χ2v) is 9.02. The van der Waals surface area contributed by atoms with Crippen LogP contribution < -0.4 is 10.6 Å². The fraction of sp³-hybridized carbons (Fsp3) is 0.458. The Hall–Kier alpha value is -2.97. The quantitative estimate of drug-likeness (QED) is 0.590. The van der Waals surface area contributed by atoms with Crippen molar-refractivity contribution in [3.8, 4) is 11.1 Å². The predicted molar refractivity (Wildman–Crippen MR) is 125 cm³/mol. The van der Waals surface area contributed by atoms with Gasteiger partial charge >= 0.3 is 0 Å². The standard InChI is InChI=1S/C24H31N7O/c1-24(21-6-7-21,20-4-2-18(3-5-20)19-14-26-23(25)27-15-19)31-16-22(28-17-31)30-10-8-29(9-11-30)12-13-32/h2-5,14-17,21,32H,6-13H2,1H3,(H2,25,26,27). The molecule has 2 aromatic heterocycles. The molecule has 1 saturated heterocycles. The van der Waals surface area contributed by atoms with Crippen LogP contribution in [0.1, 0.15) is 25.3 Å². The maximum Gasteiger partial charge on any atom is 0.219 e. The highest BCUT2D eigenvalue weighted by atomic mass is 16.3. The zero-order valence-electron chi connectivity index (χ0n) is 18.6. The van der Waals surface area contributed by atoms with Gasteiger partial charge in [-0.15, -0.1) is 0 Å². The van der Waals surface area contributed by atoms with Crippen LogP contribution >= 0.6 is 0 Å². The smallest absolute Gasteiger partial charge is 0.219 e. The first kappa shape index (κ1) is 20.9. The summed E-state index contributed by atoms with van der Waals surface area (Å²) in [5.41, 5.74) is 8.83. The molecular weight excluding hydrogens is 402 g/mol. The average Bonchev–Trinajstić information content (AvgIpc) is 3.57. The summed E-state index contributed by atoms with van der Waals surface area (Å²) in [5, 5.41) is 9.17. The number of benzene rings is 1. The van der Waals surface area contributed by atoms with E-state index in [1.807, 2.05) is 6.33 Å². The Balaban J connectivity index is 1.37. The Morgan fingerprint density at radius 1 is 1.00 bits per heavy atom. The predicted octanol–water partition coefficient (Wildman–Crippen LogP) is 2.21. The molecule has 3 heterocycles. The first-order valence-electron chi connectivity index (χ1n) is 11.4. The molecular formula is C24H31N7O. The van der Waals surface area contributed by atoms with Crippen molar-refractivity contribution in [1.82, 2.24) is 24.4 Å². The number of imidazole rings is 1. The van der Waals surface area contributed by atoms with E-state index in [0.29, 0.717) is 5.92 Å². The van der Waals surface area contributed by atoms with Gasteiger partial charge in [0.25, 0.3) is 0 Å². The highest BCUT2D eigenvalue weighted by Gasteiger charge is 2.44. The van der Waals surface area contributed by atoms with Crippen LogP contribution in [0.5, 0.6) is 0 Å². The van der Waals surface area contributed by atoms with E-state index in [-0.39, 0.29) is 18.1 Å². The Morgan fingerprint density at radius 3 is 2.31 bits per heavy atom. The van der Waals surface area contributed by atoms with Crippen molar-refractivity contribution in [3.05, 3.63) is 54.7 Å². The van der Waals surface area contributed by atoms with E-state index in [0.717, 1.165) is 49.7 Å². The van der Waals surface area contributed by atoms with Gasteiger partial charge in [0.15, 0.2) is 0 Å². The monoisotopic (exact) mass is 433 g/mol. The molecule has 3 N–H and O–H groups in total. The molecule has 1 saturated carbocycles. The van der Waals surface area contributed by atoms with Crippen LogP contribution in [0.4, 0.5) is 11.8 Å². The lowest BCUT2D eigenvalue weighted by Gasteiger charge is -2.35. The number of hydrogen-bond donors (Lipinski definition) is 2. The average molecular weight is 434 g/mol. The lowest BCUT2D eigenvalue weighted by Crippen LogP contribution is -2.47. The van der Waals surface area contributed by atoms with Gasteiger partial charge in [-0.05, 0) is 36.8 Å². The van der Waals surface area contributed by atoms with Crippen molar-refractivity contribution in [2.75, 3.05) is 50.0 Å². The lowest BCUT2D eigenvalue weighted by molar-refractivity contribution is 0.188. The zero-order valence-corrected chi connectivity index (χ0v) is 18.6. The molecule has 1 atom stereocenters. The second kappa shape index (κ2) is 8.52. The summed E-state index contributed by atoms with van der Waals surface area (Å²) in [7, 11) is 0. The number of piperazine rings is 1. The molecule has 1 aliphatic carbocycles. The summed E-state index contributed by atoms with van der Waals surface area (Å²) >= 11 is 0. The Morgan fingerprint density at radius 2 is 1.69 bits per heavy atom. The number of aliphatic hydroxyl groups excluding tert-OH is 1. The minimum atomic E-state index is -0.125. The maximum absolute atomic E-state index is 9.17. The highest BCUT2D eigenvalue weighted by Crippen LogP contribution is 2.48. The molecule has 1 aliphatic heterocycles. The van der Waals surface area contributed by atoms with Crippen LogP contribution in [0.25, 0.3) is 11.1 Å². The molecule has 1 aromatic carbocycles. The van der Waals surface area contributed by atoms with Gasteiger partial charge in [-0.1, -0.05) is 24.3 Å². The van der Waals surface area contributed by atoms with Crippen molar-refractivity contribution in [2.24, 2.45) is 5.92 Å². The Labute approximate surface area is 188 Å². The number of nitrogens with two attached hydrogens (primary N) is 1. The number of rotatable bonds is 7. The molecule has 8 heteroatoms. The molecule has 0 bridgehead atoms. The van der Waals surface area contributed by atoms with E-state index in [1.54, 1.807) is 12.4 Å². The van der Waals surface area contributed by atoms with Crippen molar-refractivity contribution in [1.29, 1.82) is 0 Å². The molecule has 1 unspecified atom stereocenters. The van der Waals surface area contributed by atoms with Gasteiger partial charge in [0, 0.05) is 56.9 Å². The highest BCUT2D eigenvalue weighted by molar-refractivity contribution is 5.62. The fourth-order valence-electron chi connectivity index (χ4n) is 4.80. The summed E-state index contributed by atoms with van der Waals surface area (Å²) in [6.07, 6.45) is 10.2. The molecule has 168 valence electrons. The number of nitrogen functional groups attached to an aromatic ring is 1. The first-order valence-corrected chi connectivity index (χ1v) is 11.4. The molecule has 2 aliphatic rings. The van der Waals surface area contributed by atoms with Crippen LogP contribution in [-0.2, 0) is 5.54 Å². The molecule has 5 rings (SSSR count). The molecule has 0 radical (unpaired) electrons. The second-order valence-electron chi connectivity index (χ2n) is 9.02. The van der Waals surface area contributed by atoms with Crippen molar-refractivity contribution in [2.45, 2.75) is 25.3 Å². The Kier molecular flexibility index (Phi) is 5.57. The SMILES string of the molecule is CC(c1ccc(-c2cnc(N)nc2)cc1)(C1CC1)n1cnc(N2CCN(CCO)CC2)c1. The molecule has 0 amide bonds. The van der Waals surface area contributed by atoms with Crippen molar-refractivity contribution < 1.29 is 5.11 Å². The molecule has 0 spiro atoms. The number of β-amino-alcohol motifs (C(OH)–C–C–N with tert-alkyl or cyclic N) is 1. The van der Waals surface area contributed by atoms with E-state index in [4.69, 9.17) is 10.7 Å². The number of aromatic nitrogens is 4. The van der Waals surface area contributed by atoms with Crippen molar-refractivity contribution >= 4 is 11.8 Å². The van der Waals surface area contributed by atoms with Crippen molar-refractivity contribution in [3.63, 3.8) is 0 Å². The van der Waals surface area contributed by atoms with E-state index < -0.39 is 0 Å². The summed E-state index contributed by atoms with van der Waals surface area (Å²) in [6, 6.07) is 8.72. The van der Waals surface area contributed by atoms with Gasteiger partial charge < -0.3 is 20.3 Å². The van der Waals surface area contributed by atoms with Crippen LogP contribution in [0.2, 0.25) is 0 Å². The van der Waals surface area contributed by atoms with Crippen LogP contribution in [0.3, 0.4) is 0 Å². The topological polar surface area (TPSA) is 96.3 Å². The van der Waals surface area contributed by atoms with E-state index >= 15 is 0 Å². The number of aliphatic hydroxyl groups is 1. The normalized spacial score (nSPS) is 19.1. The minimum absolute atomic E-state index is 0.125. The van der Waals surface area contributed by atoms with Gasteiger partial charge in [-0.2, -0.15) is 0 Å². The molecule has 3 aromatic rings. The molecule has 8 nitrogen and oxygen atoms in total. The first-order chi connectivity index (χ1) is 15.6. The van der Waals surface area contributed by atoms with Gasteiger partial charge in [0.1, 0.15) is 5.82 Å². The van der Waals surface area contributed by atoms with Gasteiger partial charge in [0.05, 0.1) is 18.5 Å².